The van der Waals surface area contributed by atoms with Gasteiger partial charge in [0.1, 0.15) is 17.4 Å². The first-order valence-electron chi connectivity index (χ1n) is 6.57. The molecule has 0 spiro atoms. The van der Waals surface area contributed by atoms with Crippen molar-refractivity contribution in [1.29, 1.82) is 0 Å². The van der Waals surface area contributed by atoms with Crippen LogP contribution in [0, 0.1) is 0 Å². The topological polar surface area (TPSA) is 73.3 Å². The summed E-state index contributed by atoms with van der Waals surface area (Å²) in [7, 11) is 1.47. The Kier molecular flexibility index (Phi) is 6.11. The van der Waals surface area contributed by atoms with Crippen molar-refractivity contribution in [2.24, 2.45) is 0 Å². The van der Waals surface area contributed by atoms with Gasteiger partial charge in [-0.2, -0.15) is 0 Å². The Morgan fingerprint density at radius 2 is 2.10 bits per heavy atom. The van der Waals surface area contributed by atoms with Gasteiger partial charge in [-0.25, -0.2) is 0 Å². The summed E-state index contributed by atoms with van der Waals surface area (Å²) in [4.78, 5) is 11.3. The molecule has 0 saturated heterocycles. The van der Waals surface area contributed by atoms with Gasteiger partial charge in [0.25, 0.3) is 5.91 Å². The number of anilines is 1. The summed E-state index contributed by atoms with van der Waals surface area (Å²) >= 11 is 1.37. The van der Waals surface area contributed by atoms with Gasteiger partial charge in [0.05, 0.1) is 6.61 Å². The third-order valence-corrected chi connectivity index (χ3v) is 3.43. The number of carbonyl (C=O) groups is 1. The Hall–Kier alpha value is -1.99. The third kappa shape index (κ3) is 5.49. The number of hydrogen-bond acceptors (Lipinski definition) is 6. The maximum Gasteiger partial charge on any atom is 0.252 e. The molecule has 0 atom stereocenters. The molecule has 1 heterocycles. The summed E-state index contributed by atoms with van der Waals surface area (Å²) in [5.74, 6) is 0.634. The number of nitrogens with one attached hydrogen (secondary N) is 1. The number of rotatable bonds is 8. The summed E-state index contributed by atoms with van der Waals surface area (Å²) in [6, 6.07) is 9.68. The summed E-state index contributed by atoms with van der Waals surface area (Å²) in [6.45, 7) is 0.634. The van der Waals surface area contributed by atoms with Crippen molar-refractivity contribution in [3.63, 3.8) is 0 Å². The molecule has 0 bridgehead atoms. The van der Waals surface area contributed by atoms with Crippen molar-refractivity contribution in [2.75, 3.05) is 25.6 Å². The number of para-hydroxylation sites is 1. The van der Waals surface area contributed by atoms with Crippen LogP contribution in [0.4, 0.5) is 5.13 Å². The molecule has 0 aliphatic rings. The van der Waals surface area contributed by atoms with Crippen LogP contribution in [0.15, 0.2) is 30.3 Å². The lowest BCUT2D eigenvalue weighted by Gasteiger charge is -2.04. The Labute approximate surface area is 127 Å². The van der Waals surface area contributed by atoms with Crippen molar-refractivity contribution < 1.29 is 14.3 Å². The number of benzene rings is 1. The summed E-state index contributed by atoms with van der Waals surface area (Å²) in [5.41, 5.74) is 0. The summed E-state index contributed by atoms with van der Waals surface area (Å²) < 4.78 is 10.3. The second-order valence-electron chi connectivity index (χ2n) is 4.25. The van der Waals surface area contributed by atoms with Crippen LogP contribution in [0.2, 0.25) is 0 Å². The third-order valence-electron chi connectivity index (χ3n) is 2.54. The van der Waals surface area contributed by atoms with E-state index in [0.717, 1.165) is 23.6 Å². The standard InChI is InChI=1S/C14H17N3O3S/c1-19-10-12(18)15-14-17-16-13(21-14)8-5-9-20-11-6-3-2-4-7-11/h2-4,6-7H,5,8-10H2,1H3,(H,15,17,18). The molecular weight excluding hydrogens is 290 g/mol. The van der Waals surface area contributed by atoms with Crippen LogP contribution in [0.25, 0.3) is 0 Å². The molecule has 0 unspecified atom stereocenters. The second kappa shape index (κ2) is 8.33. The molecule has 112 valence electrons. The minimum Gasteiger partial charge on any atom is -0.494 e. The molecule has 1 N–H and O–H groups in total. The maximum atomic E-state index is 11.3. The van der Waals surface area contributed by atoms with Gasteiger partial charge in [-0.15, -0.1) is 10.2 Å². The Morgan fingerprint density at radius 1 is 1.29 bits per heavy atom. The van der Waals surface area contributed by atoms with Crippen molar-refractivity contribution in [3.05, 3.63) is 35.3 Å². The van der Waals surface area contributed by atoms with E-state index in [-0.39, 0.29) is 12.5 Å². The van der Waals surface area contributed by atoms with Crippen LogP contribution in [0.3, 0.4) is 0 Å². The van der Waals surface area contributed by atoms with E-state index in [1.807, 2.05) is 30.3 Å². The van der Waals surface area contributed by atoms with E-state index in [1.165, 1.54) is 18.4 Å². The van der Waals surface area contributed by atoms with Gasteiger partial charge in [0.15, 0.2) is 0 Å². The van der Waals surface area contributed by atoms with Gasteiger partial charge in [0, 0.05) is 13.5 Å². The Bertz CT molecular complexity index is 560. The zero-order valence-corrected chi connectivity index (χ0v) is 12.6. The lowest BCUT2D eigenvalue weighted by Crippen LogP contribution is -2.16. The average molecular weight is 307 g/mol. The highest BCUT2D eigenvalue weighted by Crippen LogP contribution is 2.17. The lowest BCUT2D eigenvalue weighted by molar-refractivity contribution is -0.119. The maximum absolute atomic E-state index is 11.3. The van der Waals surface area contributed by atoms with E-state index >= 15 is 0 Å². The average Bonchev–Trinajstić information content (AvgIpc) is 2.92. The lowest BCUT2D eigenvalue weighted by atomic mass is 10.3. The number of carbonyl (C=O) groups excluding carboxylic acids is 1. The summed E-state index contributed by atoms with van der Waals surface area (Å²) in [5, 5.41) is 11.9. The molecule has 0 aliphatic heterocycles. The summed E-state index contributed by atoms with van der Waals surface area (Å²) in [6.07, 6.45) is 1.61. The highest BCUT2D eigenvalue weighted by molar-refractivity contribution is 7.15. The van der Waals surface area contributed by atoms with E-state index in [4.69, 9.17) is 9.47 Å². The SMILES string of the molecule is COCC(=O)Nc1nnc(CCCOc2ccccc2)s1. The van der Waals surface area contributed by atoms with E-state index in [1.54, 1.807) is 0 Å². The van der Waals surface area contributed by atoms with Crippen LogP contribution in [0.1, 0.15) is 11.4 Å². The number of nitrogens with zero attached hydrogens (tertiary/aromatic N) is 2. The molecular formula is C14H17N3O3S. The molecule has 7 heteroatoms. The van der Waals surface area contributed by atoms with Gasteiger partial charge in [0.2, 0.25) is 5.13 Å². The molecule has 1 amide bonds. The van der Waals surface area contributed by atoms with Gasteiger partial charge >= 0.3 is 0 Å². The van der Waals surface area contributed by atoms with Gasteiger partial charge in [-0.1, -0.05) is 29.5 Å². The molecule has 6 nitrogen and oxygen atoms in total. The normalized spacial score (nSPS) is 10.3. The fraction of sp³-hybridized carbons (Fsp3) is 0.357. The minimum absolute atomic E-state index is 0.0137. The highest BCUT2D eigenvalue weighted by Gasteiger charge is 2.07. The second-order valence-corrected chi connectivity index (χ2v) is 5.31. The number of amides is 1. The number of ether oxygens (including phenoxy) is 2. The first-order chi connectivity index (χ1) is 10.3. The van der Waals surface area contributed by atoms with E-state index in [2.05, 4.69) is 15.5 Å². The molecule has 1 aromatic carbocycles. The molecule has 2 aromatic rings. The Morgan fingerprint density at radius 3 is 2.86 bits per heavy atom. The molecule has 0 saturated carbocycles. The molecule has 0 radical (unpaired) electrons. The zero-order valence-electron chi connectivity index (χ0n) is 11.7. The van der Waals surface area contributed by atoms with E-state index < -0.39 is 0 Å². The van der Waals surface area contributed by atoms with Crippen LogP contribution in [0.5, 0.6) is 5.75 Å². The van der Waals surface area contributed by atoms with Crippen LogP contribution < -0.4 is 10.1 Å². The number of aromatic nitrogens is 2. The number of aryl methyl sites for hydroxylation is 1. The largest absolute Gasteiger partial charge is 0.494 e. The van der Waals surface area contributed by atoms with Crippen LogP contribution in [-0.4, -0.2) is 36.4 Å². The van der Waals surface area contributed by atoms with Crippen LogP contribution >= 0.6 is 11.3 Å². The first kappa shape index (κ1) is 15.4. The van der Waals surface area contributed by atoms with Crippen molar-refractivity contribution in [2.45, 2.75) is 12.8 Å². The smallest absolute Gasteiger partial charge is 0.252 e. The van der Waals surface area contributed by atoms with Gasteiger partial charge in [-0.05, 0) is 18.6 Å². The van der Waals surface area contributed by atoms with Crippen molar-refractivity contribution >= 4 is 22.4 Å². The number of methoxy groups -OCH3 is 1. The predicted molar refractivity (Wildman–Crippen MR) is 80.7 cm³/mol. The van der Waals surface area contributed by atoms with E-state index in [0.29, 0.717) is 11.7 Å². The molecule has 0 fully saturated rings. The zero-order chi connectivity index (χ0) is 14.9. The monoisotopic (exact) mass is 307 g/mol. The van der Waals surface area contributed by atoms with Crippen LogP contribution in [-0.2, 0) is 16.0 Å². The Balaban J connectivity index is 1.69. The first-order valence-corrected chi connectivity index (χ1v) is 7.38. The van der Waals surface area contributed by atoms with Gasteiger partial charge in [-0.3, -0.25) is 10.1 Å². The quantitative estimate of drug-likeness (QED) is 0.756. The molecule has 1 aromatic heterocycles. The number of hydrogen-bond donors (Lipinski definition) is 1. The minimum atomic E-state index is -0.229. The highest BCUT2D eigenvalue weighted by atomic mass is 32.1. The molecule has 21 heavy (non-hydrogen) atoms. The van der Waals surface area contributed by atoms with Crippen molar-refractivity contribution in [3.8, 4) is 5.75 Å². The molecule has 2 rings (SSSR count). The predicted octanol–water partition coefficient (Wildman–Crippen LogP) is 2.13. The van der Waals surface area contributed by atoms with E-state index in [9.17, 15) is 4.79 Å². The fourth-order valence-corrected chi connectivity index (χ4v) is 2.42. The van der Waals surface area contributed by atoms with Gasteiger partial charge < -0.3 is 9.47 Å². The van der Waals surface area contributed by atoms with Crippen molar-refractivity contribution in [1.82, 2.24) is 10.2 Å². The fourth-order valence-electron chi connectivity index (χ4n) is 1.62. The molecule has 0 aliphatic carbocycles.